The second-order valence-electron chi connectivity index (χ2n) is 9.38. The van der Waals surface area contributed by atoms with E-state index in [1.807, 2.05) is 18.3 Å². The first-order valence-electron chi connectivity index (χ1n) is 12.4. The molecule has 0 atom stereocenters. The van der Waals surface area contributed by atoms with Gasteiger partial charge in [0.15, 0.2) is 17.1 Å². The summed E-state index contributed by atoms with van der Waals surface area (Å²) in [5, 5.41) is 17.1. The van der Waals surface area contributed by atoms with Crippen molar-refractivity contribution in [1.29, 1.82) is 5.26 Å². The fraction of sp³-hybridized carbons (Fsp3) is 0.269. The molecule has 1 aliphatic heterocycles. The molecule has 1 N–H and O–H groups in total. The van der Waals surface area contributed by atoms with Gasteiger partial charge in [-0.25, -0.2) is 9.50 Å². The summed E-state index contributed by atoms with van der Waals surface area (Å²) in [6.45, 7) is 2.77. The van der Waals surface area contributed by atoms with Crippen molar-refractivity contribution in [3.63, 3.8) is 0 Å². The summed E-state index contributed by atoms with van der Waals surface area (Å²) < 4.78 is 55.5. The number of halogens is 3. The van der Waals surface area contributed by atoms with E-state index < -0.39 is 17.3 Å². The molecule has 0 saturated carbocycles. The number of fused-ring (bicyclic) bond motifs is 2. The molecule has 41 heavy (non-hydrogen) atoms. The second-order valence-corrected chi connectivity index (χ2v) is 9.38. The summed E-state index contributed by atoms with van der Waals surface area (Å²) in [5.41, 5.74) is 0.120. The number of pyridine rings is 3. The van der Waals surface area contributed by atoms with Gasteiger partial charge in [-0.1, -0.05) is 0 Å². The van der Waals surface area contributed by atoms with Crippen LogP contribution in [0.15, 0.2) is 47.8 Å². The van der Waals surface area contributed by atoms with Crippen molar-refractivity contribution in [2.45, 2.75) is 6.18 Å². The lowest BCUT2D eigenvalue weighted by atomic mass is 10.2. The molecule has 12 nitrogen and oxygen atoms in total. The Kier molecular flexibility index (Phi) is 6.26. The van der Waals surface area contributed by atoms with Crippen molar-refractivity contribution in [3.05, 3.63) is 64.5 Å². The van der Waals surface area contributed by atoms with Gasteiger partial charge < -0.3 is 28.8 Å². The summed E-state index contributed by atoms with van der Waals surface area (Å²) in [7, 11) is 2.77. The van der Waals surface area contributed by atoms with Gasteiger partial charge in [0.25, 0.3) is 5.56 Å². The molecule has 0 spiro atoms. The monoisotopic (exact) mass is 565 g/mol. The normalized spacial score (nSPS) is 14.0. The summed E-state index contributed by atoms with van der Waals surface area (Å²) in [6, 6.07) is 6.71. The van der Waals surface area contributed by atoms with Crippen molar-refractivity contribution in [1.82, 2.24) is 28.7 Å². The maximum atomic E-state index is 13.3. The molecule has 1 saturated heterocycles. The quantitative estimate of drug-likeness (QED) is 0.340. The molecule has 1 aliphatic rings. The summed E-state index contributed by atoms with van der Waals surface area (Å²) in [6.07, 6.45) is 0.749. The number of hydrogen-bond donors (Lipinski definition) is 1. The lowest BCUT2D eigenvalue weighted by molar-refractivity contribution is -0.138. The van der Waals surface area contributed by atoms with Crippen LogP contribution in [0, 0.1) is 11.3 Å². The molecule has 5 aromatic heterocycles. The average molecular weight is 566 g/mol. The van der Waals surface area contributed by atoms with Crippen LogP contribution in [0.4, 0.5) is 30.5 Å². The average Bonchev–Trinajstić information content (AvgIpc) is 3.50. The number of alkyl halides is 3. The molecule has 210 valence electrons. The Balaban J connectivity index is 1.37. The number of aromatic nitrogens is 6. The predicted octanol–water partition coefficient (Wildman–Crippen LogP) is 3.58. The number of imidazole rings is 1. The Labute approximate surface area is 229 Å². The number of nitrogens with one attached hydrogen (secondary N) is 1. The summed E-state index contributed by atoms with van der Waals surface area (Å²) in [4.78, 5) is 23.4. The largest absolute Gasteiger partial charge is 0.450 e. The van der Waals surface area contributed by atoms with Gasteiger partial charge in [-0.15, -0.1) is 0 Å². The standard InChI is InChI=1S/C26H22F3N9O3/c1-35-14-15(26(27,28)29)9-18(24(35)39)33-25-34-23-22(36(25)2)17(11-30)20(12-31-23)41-21-13-32-38-4-3-16(10-19(21)38)37-5-7-40-8-6-37/h3-4,9-10,12-14H,5-8H2,1-2H3,(H,31,33,34). The number of nitrogens with zero attached hydrogens (tertiary/aromatic N) is 8. The van der Waals surface area contributed by atoms with E-state index >= 15 is 0 Å². The van der Waals surface area contributed by atoms with Gasteiger partial charge in [-0.2, -0.15) is 28.5 Å². The van der Waals surface area contributed by atoms with Gasteiger partial charge in [-0.05, 0) is 18.2 Å². The van der Waals surface area contributed by atoms with Gasteiger partial charge in [0.05, 0.1) is 31.2 Å². The maximum Gasteiger partial charge on any atom is 0.417 e. The Morgan fingerprint density at radius 3 is 2.66 bits per heavy atom. The maximum absolute atomic E-state index is 13.3. The minimum Gasteiger partial charge on any atom is -0.450 e. The minimum atomic E-state index is -4.66. The van der Waals surface area contributed by atoms with Gasteiger partial charge in [0.2, 0.25) is 5.95 Å². The minimum absolute atomic E-state index is 0.0173. The second kappa shape index (κ2) is 9.82. The topological polar surface area (TPSA) is 128 Å². The van der Waals surface area contributed by atoms with E-state index in [0.717, 1.165) is 23.3 Å². The number of ether oxygens (including phenoxy) is 2. The highest BCUT2D eigenvalue weighted by molar-refractivity contribution is 5.84. The van der Waals surface area contributed by atoms with Crippen molar-refractivity contribution >= 4 is 34.0 Å². The smallest absolute Gasteiger partial charge is 0.417 e. The van der Waals surface area contributed by atoms with E-state index in [4.69, 9.17) is 9.47 Å². The first-order chi connectivity index (χ1) is 19.6. The van der Waals surface area contributed by atoms with E-state index in [0.29, 0.717) is 36.7 Å². The fourth-order valence-electron chi connectivity index (χ4n) is 4.69. The van der Waals surface area contributed by atoms with E-state index in [2.05, 4.69) is 31.4 Å². The number of nitriles is 1. The number of rotatable bonds is 5. The molecule has 6 rings (SSSR count). The number of hydrogen-bond acceptors (Lipinski definition) is 9. The first-order valence-corrected chi connectivity index (χ1v) is 12.4. The Hall–Kier alpha value is -5.10. The van der Waals surface area contributed by atoms with Crippen LogP contribution in [-0.4, -0.2) is 55.0 Å². The molecule has 0 unspecified atom stereocenters. The van der Waals surface area contributed by atoms with Crippen molar-refractivity contribution in [2.75, 3.05) is 36.5 Å². The van der Waals surface area contributed by atoms with Gasteiger partial charge >= 0.3 is 6.18 Å². The Bertz CT molecular complexity index is 1900. The zero-order valence-electron chi connectivity index (χ0n) is 21.8. The van der Waals surface area contributed by atoms with Crippen LogP contribution < -0.4 is 20.5 Å². The first kappa shape index (κ1) is 26.1. The zero-order chi connectivity index (χ0) is 28.9. The third-order valence-corrected chi connectivity index (χ3v) is 6.80. The van der Waals surface area contributed by atoms with E-state index in [-0.39, 0.29) is 34.1 Å². The predicted molar refractivity (Wildman–Crippen MR) is 141 cm³/mol. The van der Waals surface area contributed by atoms with Crippen LogP contribution in [0.3, 0.4) is 0 Å². The molecule has 0 bridgehead atoms. The van der Waals surface area contributed by atoms with Crippen molar-refractivity contribution in [2.24, 2.45) is 14.1 Å². The van der Waals surface area contributed by atoms with Crippen LogP contribution in [0.25, 0.3) is 16.7 Å². The summed E-state index contributed by atoms with van der Waals surface area (Å²) in [5.74, 6) is 0.547. The molecule has 0 aliphatic carbocycles. The molecule has 0 radical (unpaired) electrons. The molecular weight excluding hydrogens is 543 g/mol. The molecule has 5 aromatic rings. The van der Waals surface area contributed by atoms with Gasteiger partial charge in [0.1, 0.15) is 28.4 Å². The zero-order valence-corrected chi connectivity index (χ0v) is 21.8. The molecule has 6 heterocycles. The van der Waals surface area contributed by atoms with Crippen LogP contribution in [-0.2, 0) is 25.0 Å². The van der Waals surface area contributed by atoms with Crippen LogP contribution >= 0.6 is 0 Å². The summed E-state index contributed by atoms with van der Waals surface area (Å²) >= 11 is 0. The molecule has 15 heteroatoms. The number of aryl methyl sites for hydroxylation is 2. The van der Waals surface area contributed by atoms with Crippen LogP contribution in [0.5, 0.6) is 11.5 Å². The lowest BCUT2D eigenvalue weighted by Crippen LogP contribution is -2.36. The lowest BCUT2D eigenvalue weighted by Gasteiger charge is -2.28. The highest BCUT2D eigenvalue weighted by atomic mass is 19.4. The molecule has 0 aromatic carbocycles. The van der Waals surface area contributed by atoms with Crippen LogP contribution in [0.2, 0.25) is 0 Å². The number of anilines is 3. The van der Waals surface area contributed by atoms with Gasteiger partial charge in [-0.3, -0.25) is 4.79 Å². The van der Waals surface area contributed by atoms with Crippen LogP contribution in [0.1, 0.15) is 11.1 Å². The van der Waals surface area contributed by atoms with Crippen molar-refractivity contribution < 1.29 is 22.6 Å². The van der Waals surface area contributed by atoms with E-state index in [9.17, 15) is 23.2 Å². The number of morpholine rings is 1. The Morgan fingerprint density at radius 2 is 1.93 bits per heavy atom. The highest BCUT2D eigenvalue weighted by Gasteiger charge is 2.32. The van der Waals surface area contributed by atoms with E-state index in [1.165, 1.54) is 24.0 Å². The molecular formula is C26H22F3N9O3. The SMILES string of the molecule is Cn1cc(C(F)(F)F)cc(Nc2nc3ncc(Oc4cnn5ccc(N6CCOCC6)cc45)c(C#N)c3n2C)c1=O. The van der Waals surface area contributed by atoms with Gasteiger partial charge in [0, 0.05) is 45.3 Å². The molecule has 0 amide bonds. The third-order valence-electron chi connectivity index (χ3n) is 6.80. The third kappa shape index (κ3) is 4.67. The molecule has 1 fully saturated rings. The van der Waals surface area contributed by atoms with Crippen molar-refractivity contribution in [3.8, 4) is 17.6 Å². The Morgan fingerprint density at radius 1 is 1.15 bits per heavy atom. The highest BCUT2D eigenvalue weighted by Crippen LogP contribution is 2.35. The van der Waals surface area contributed by atoms with E-state index in [1.54, 1.807) is 11.6 Å². The fourth-order valence-corrected chi connectivity index (χ4v) is 4.69.